The standard InChI is InChI=1S/C12H13N3O3S/c1-19(17,18)11-4-2-3-9(5-11)12(16)14-7-10-6-13-8-15-10/h2-6,8H,7H2,1H3,(H,13,15)(H,14,16). The Labute approximate surface area is 110 Å². The second kappa shape index (κ2) is 5.23. The molecule has 0 atom stereocenters. The van der Waals surface area contributed by atoms with Crippen LogP contribution in [0.25, 0.3) is 0 Å². The van der Waals surface area contributed by atoms with Crippen molar-refractivity contribution in [1.29, 1.82) is 0 Å². The molecule has 6 nitrogen and oxygen atoms in total. The van der Waals surface area contributed by atoms with Crippen molar-refractivity contribution in [1.82, 2.24) is 15.3 Å². The van der Waals surface area contributed by atoms with Gasteiger partial charge in [0.2, 0.25) is 0 Å². The topological polar surface area (TPSA) is 91.9 Å². The highest BCUT2D eigenvalue weighted by molar-refractivity contribution is 7.90. The van der Waals surface area contributed by atoms with Gasteiger partial charge in [-0.25, -0.2) is 13.4 Å². The van der Waals surface area contributed by atoms with Gasteiger partial charge < -0.3 is 10.3 Å². The first-order valence-corrected chi connectivity index (χ1v) is 7.41. The lowest BCUT2D eigenvalue weighted by Crippen LogP contribution is -2.23. The molecule has 0 unspecified atom stereocenters. The molecule has 7 heteroatoms. The van der Waals surface area contributed by atoms with Gasteiger partial charge in [-0.1, -0.05) is 6.07 Å². The summed E-state index contributed by atoms with van der Waals surface area (Å²) in [4.78, 5) is 18.7. The van der Waals surface area contributed by atoms with Crippen molar-refractivity contribution in [2.75, 3.05) is 6.26 Å². The molecular formula is C12H13N3O3S. The van der Waals surface area contributed by atoms with E-state index in [9.17, 15) is 13.2 Å². The lowest BCUT2D eigenvalue weighted by atomic mass is 10.2. The zero-order valence-corrected chi connectivity index (χ0v) is 11.1. The molecule has 0 aliphatic carbocycles. The van der Waals surface area contributed by atoms with Gasteiger partial charge in [-0.3, -0.25) is 4.79 Å². The molecule has 19 heavy (non-hydrogen) atoms. The van der Waals surface area contributed by atoms with Gasteiger partial charge in [-0.2, -0.15) is 0 Å². The zero-order valence-electron chi connectivity index (χ0n) is 10.3. The molecule has 1 amide bonds. The third-order valence-electron chi connectivity index (χ3n) is 2.52. The van der Waals surface area contributed by atoms with E-state index in [2.05, 4.69) is 15.3 Å². The Kier molecular flexibility index (Phi) is 3.66. The average Bonchev–Trinajstić information content (AvgIpc) is 2.88. The van der Waals surface area contributed by atoms with Crippen LogP contribution in [0.15, 0.2) is 41.7 Å². The van der Waals surface area contributed by atoms with Crippen LogP contribution in [-0.2, 0) is 16.4 Å². The summed E-state index contributed by atoms with van der Waals surface area (Å²) in [6, 6.07) is 5.93. The predicted molar refractivity (Wildman–Crippen MR) is 69.3 cm³/mol. The van der Waals surface area contributed by atoms with E-state index in [1.165, 1.54) is 18.5 Å². The van der Waals surface area contributed by atoms with Crippen molar-refractivity contribution < 1.29 is 13.2 Å². The van der Waals surface area contributed by atoms with Crippen LogP contribution < -0.4 is 5.32 Å². The van der Waals surface area contributed by atoms with E-state index >= 15 is 0 Å². The number of sulfone groups is 1. The van der Waals surface area contributed by atoms with Crippen molar-refractivity contribution in [3.05, 3.63) is 48.0 Å². The summed E-state index contributed by atoms with van der Waals surface area (Å²) >= 11 is 0. The van der Waals surface area contributed by atoms with Gasteiger partial charge in [-0.15, -0.1) is 0 Å². The fraction of sp³-hybridized carbons (Fsp3) is 0.167. The lowest BCUT2D eigenvalue weighted by molar-refractivity contribution is 0.0950. The summed E-state index contributed by atoms with van der Waals surface area (Å²) in [5.74, 6) is -0.333. The van der Waals surface area contributed by atoms with Gasteiger partial charge in [0.05, 0.1) is 23.5 Å². The monoisotopic (exact) mass is 279 g/mol. The molecular weight excluding hydrogens is 266 g/mol. The van der Waals surface area contributed by atoms with Crippen molar-refractivity contribution in [3.63, 3.8) is 0 Å². The van der Waals surface area contributed by atoms with Crippen molar-refractivity contribution in [2.24, 2.45) is 0 Å². The second-order valence-electron chi connectivity index (χ2n) is 4.06. The number of rotatable bonds is 4. The highest BCUT2D eigenvalue weighted by Gasteiger charge is 2.11. The lowest BCUT2D eigenvalue weighted by Gasteiger charge is -2.05. The predicted octanol–water partition coefficient (Wildman–Crippen LogP) is 0.743. The van der Waals surface area contributed by atoms with Gasteiger partial charge in [0.25, 0.3) is 5.91 Å². The van der Waals surface area contributed by atoms with Gasteiger partial charge in [0, 0.05) is 18.0 Å². The van der Waals surface area contributed by atoms with E-state index < -0.39 is 9.84 Å². The molecule has 0 saturated carbocycles. The summed E-state index contributed by atoms with van der Waals surface area (Å²) in [5, 5.41) is 2.68. The van der Waals surface area contributed by atoms with Gasteiger partial charge in [-0.05, 0) is 18.2 Å². The number of nitrogens with zero attached hydrogens (tertiary/aromatic N) is 1. The normalized spacial score (nSPS) is 11.2. The highest BCUT2D eigenvalue weighted by Crippen LogP contribution is 2.11. The van der Waals surface area contributed by atoms with E-state index in [1.54, 1.807) is 18.3 Å². The molecule has 2 rings (SSSR count). The van der Waals surface area contributed by atoms with Crippen molar-refractivity contribution in [2.45, 2.75) is 11.4 Å². The number of imidazole rings is 1. The van der Waals surface area contributed by atoms with Crippen LogP contribution in [0.2, 0.25) is 0 Å². The number of H-pyrrole nitrogens is 1. The number of aromatic amines is 1. The smallest absolute Gasteiger partial charge is 0.251 e. The largest absolute Gasteiger partial charge is 0.347 e. The third-order valence-corrected chi connectivity index (χ3v) is 3.63. The number of carbonyl (C=O) groups is 1. The minimum atomic E-state index is -3.31. The Morgan fingerprint density at radius 2 is 2.21 bits per heavy atom. The van der Waals surface area contributed by atoms with Crippen molar-refractivity contribution in [3.8, 4) is 0 Å². The quantitative estimate of drug-likeness (QED) is 0.863. The number of benzene rings is 1. The molecule has 1 heterocycles. The Bertz CT molecular complexity index is 678. The van der Waals surface area contributed by atoms with Gasteiger partial charge >= 0.3 is 0 Å². The minimum Gasteiger partial charge on any atom is -0.347 e. The fourth-order valence-electron chi connectivity index (χ4n) is 1.53. The van der Waals surface area contributed by atoms with Crippen LogP contribution >= 0.6 is 0 Å². The maximum atomic E-state index is 11.9. The molecule has 0 bridgehead atoms. The average molecular weight is 279 g/mol. The molecule has 0 aliphatic heterocycles. The van der Waals surface area contributed by atoms with E-state index in [0.717, 1.165) is 11.9 Å². The first-order chi connectivity index (χ1) is 8.97. The van der Waals surface area contributed by atoms with Crippen LogP contribution in [0.3, 0.4) is 0 Å². The molecule has 0 radical (unpaired) electrons. The van der Waals surface area contributed by atoms with Crippen LogP contribution in [-0.4, -0.2) is 30.5 Å². The molecule has 0 aliphatic rings. The number of hydrogen-bond donors (Lipinski definition) is 2. The maximum absolute atomic E-state index is 11.9. The summed E-state index contributed by atoms with van der Waals surface area (Å²) in [5.41, 5.74) is 1.08. The second-order valence-corrected chi connectivity index (χ2v) is 6.08. The molecule has 0 spiro atoms. The molecule has 100 valence electrons. The Morgan fingerprint density at radius 1 is 1.42 bits per heavy atom. The first-order valence-electron chi connectivity index (χ1n) is 5.52. The van der Waals surface area contributed by atoms with Gasteiger partial charge in [0.15, 0.2) is 9.84 Å². The third kappa shape index (κ3) is 3.41. The van der Waals surface area contributed by atoms with E-state index in [1.807, 2.05) is 0 Å². The molecule has 1 aromatic heterocycles. The fourth-order valence-corrected chi connectivity index (χ4v) is 2.19. The number of carbonyl (C=O) groups excluding carboxylic acids is 1. The molecule has 0 fully saturated rings. The van der Waals surface area contributed by atoms with E-state index in [-0.39, 0.29) is 10.8 Å². The summed E-state index contributed by atoms with van der Waals surface area (Å²) in [6.07, 6.45) is 4.23. The van der Waals surface area contributed by atoms with Crippen LogP contribution in [0.5, 0.6) is 0 Å². The SMILES string of the molecule is CS(=O)(=O)c1cccc(C(=O)NCc2cnc[nH]2)c1. The number of hydrogen-bond acceptors (Lipinski definition) is 4. The van der Waals surface area contributed by atoms with Crippen LogP contribution in [0.1, 0.15) is 16.1 Å². The number of aromatic nitrogens is 2. The first kappa shape index (κ1) is 13.3. The molecule has 2 aromatic rings. The van der Waals surface area contributed by atoms with Gasteiger partial charge in [0.1, 0.15) is 0 Å². The summed E-state index contributed by atoms with van der Waals surface area (Å²) in [6.45, 7) is 0.307. The molecule has 1 aromatic carbocycles. The Balaban J connectivity index is 2.11. The summed E-state index contributed by atoms with van der Waals surface area (Å²) < 4.78 is 22.8. The zero-order chi connectivity index (χ0) is 13.9. The van der Waals surface area contributed by atoms with Crippen LogP contribution in [0, 0.1) is 0 Å². The van der Waals surface area contributed by atoms with E-state index in [0.29, 0.717) is 12.1 Å². The Hall–Kier alpha value is -2.15. The number of nitrogens with one attached hydrogen (secondary N) is 2. The molecule has 2 N–H and O–H groups in total. The van der Waals surface area contributed by atoms with Crippen LogP contribution in [0.4, 0.5) is 0 Å². The number of amides is 1. The highest BCUT2D eigenvalue weighted by atomic mass is 32.2. The maximum Gasteiger partial charge on any atom is 0.251 e. The minimum absolute atomic E-state index is 0.127. The Morgan fingerprint density at radius 3 is 2.84 bits per heavy atom. The summed E-state index contributed by atoms with van der Waals surface area (Å²) in [7, 11) is -3.31. The van der Waals surface area contributed by atoms with Crippen molar-refractivity contribution >= 4 is 15.7 Å². The van der Waals surface area contributed by atoms with E-state index in [4.69, 9.17) is 0 Å². The molecule has 0 saturated heterocycles.